The van der Waals surface area contributed by atoms with Crippen LogP contribution in [0.4, 0.5) is 0 Å². The first-order valence-corrected chi connectivity index (χ1v) is 4.91. The van der Waals surface area contributed by atoms with Crippen molar-refractivity contribution in [3.05, 3.63) is 44.0 Å². The fourth-order valence-corrected chi connectivity index (χ4v) is 1.80. The van der Waals surface area contributed by atoms with E-state index < -0.39 is 0 Å². The van der Waals surface area contributed by atoms with Crippen LogP contribution in [-0.4, -0.2) is 9.38 Å². The number of nitrogens with zero attached hydrogens (tertiary/aromatic N) is 2. The Labute approximate surface area is 88.6 Å². The minimum Gasteiger partial charge on any atom is -0.269 e. The average molecular weight is 286 g/mol. The summed E-state index contributed by atoms with van der Waals surface area (Å²) in [5.74, 6) is 0. The van der Waals surface area contributed by atoms with Gasteiger partial charge in [0.15, 0.2) is 0 Å². The molecule has 13 heavy (non-hydrogen) atoms. The average Bonchev–Trinajstić information content (AvgIpc) is 2.02. The zero-order chi connectivity index (χ0) is 9.42. The lowest BCUT2D eigenvalue weighted by Gasteiger charge is -2.02. The highest BCUT2D eigenvalue weighted by Crippen LogP contribution is 2.03. The molecule has 3 nitrogen and oxygen atoms in total. The molecule has 0 aliphatic heterocycles. The minimum absolute atomic E-state index is 0.0208. The topological polar surface area (TPSA) is 34.4 Å². The third kappa shape index (κ3) is 1.46. The second-order valence-corrected chi connectivity index (χ2v) is 3.88. The number of fused-ring (bicyclic) bond motifs is 1. The third-order valence-electron chi connectivity index (χ3n) is 1.85. The van der Waals surface area contributed by atoms with Crippen molar-refractivity contribution in [1.82, 2.24) is 9.38 Å². The van der Waals surface area contributed by atoms with Crippen LogP contribution in [0.15, 0.2) is 29.1 Å². The first-order chi connectivity index (χ1) is 6.18. The van der Waals surface area contributed by atoms with Crippen molar-refractivity contribution in [3.63, 3.8) is 0 Å². The maximum atomic E-state index is 11.5. The molecule has 0 atom stereocenters. The summed E-state index contributed by atoms with van der Waals surface area (Å²) in [5.41, 5.74) is 1.59. The standard InChI is InChI=1S/C9H7IN2O/c1-6-3-2-4-8-11-7(10)5-9(13)12(6)8/h2-5H,1H3. The molecular formula is C9H7IN2O. The van der Waals surface area contributed by atoms with Gasteiger partial charge in [-0.25, -0.2) is 4.98 Å². The summed E-state index contributed by atoms with van der Waals surface area (Å²) < 4.78 is 2.33. The van der Waals surface area contributed by atoms with Crippen LogP contribution in [0.1, 0.15) is 5.69 Å². The number of aromatic nitrogens is 2. The lowest BCUT2D eigenvalue weighted by molar-refractivity contribution is 0.981. The molecule has 2 aromatic heterocycles. The fraction of sp³-hybridized carbons (Fsp3) is 0.111. The van der Waals surface area contributed by atoms with Crippen LogP contribution in [0.5, 0.6) is 0 Å². The Morgan fingerprint density at radius 1 is 1.46 bits per heavy atom. The van der Waals surface area contributed by atoms with Crippen molar-refractivity contribution < 1.29 is 0 Å². The highest BCUT2D eigenvalue weighted by atomic mass is 127. The van der Waals surface area contributed by atoms with E-state index in [0.717, 1.165) is 9.39 Å². The fourth-order valence-electron chi connectivity index (χ4n) is 1.29. The van der Waals surface area contributed by atoms with Gasteiger partial charge in [0, 0.05) is 11.8 Å². The Morgan fingerprint density at radius 3 is 3.00 bits per heavy atom. The van der Waals surface area contributed by atoms with Crippen molar-refractivity contribution in [3.8, 4) is 0 Å². The molecule has 0 fully saturated rings. The van der Waals surface area contributed by atoms with E-state index in [9.17, 15) is 4.79 Å². The number of halogens is 1. The van der Waals surface area contributed by atoms with Crippen molar-refractivity contribution in [2.45, 2.75) is 6.92 Å². The van der Waals surface area contributed by atoms with E-state index >= 15 is 0 Å². The molecule has 0 aliphatic rings. The molecule has 0 aliphatic carbocycles. The number of hydrogen-bond donors (Lipinski definition) is 0. The molecule has 4 heteroatoms. The third-order valence-corrected chi connectivity index (χ3v) is 2.40. The summed E-state index contributed by atoms with van der Waals surface area (Å²) >= 11 is 2.04. The molecular weight excluding hydrogens is 279 g/mol. The number of hydrogen-bond acceptors (Lipinski definition) is 2. The first kappa shape index (κ1) is 8.68. The van der Waals surface area contributed by atoms with Crippen molar-refractivity contribution >= 4 is 28.2 Å². The summed E-state index contributed by atoms with van der Waals surface area (Å²) in [6, 6.07) is 7.15. The Bertz CT molecular complexity index is 518. The highest BCUT2D eigenvalue weighted by Gasteiger charge is 2.00. The number of rotatable bonds is 0. The molecule has 2 rings (SSSR count). The van der Waals surface area contributed by atoms with Crippen molar-refractivity contribution in [2.24, 2.45) is 0 Å². The van der Waals surface area contributed by atoms with E-state index in [1.54, 1.807) is 4.40 Å². The molecule has 0 aromatic carbocycles. The van der Waals surface area contributed by atoms with E-state index in [0.29, 0.717) is 5.65 Å². The largest absolute Gasteiger partial charge is 0.269 e. The molecule has 2 aromatic rings. The van der Waals surface area contributed by atoms with Gasteiger partial charge in [0.1, 0.15) is 9.35 Å². The van der Waals surface area contributed by atoms with Crippen LogP contribution >= 0.6 is 22.6 Å². The normalized spacial score (nSPS) is 10.6. The molecule has 0 N–H and O–H groups in total. The molecule has 0 amide bonds. The van der Waals surface area contributed by atoms with Gasteiger partial charge in [-0.05, 0) is 41.6 Å². The van der Waals surface area contributed by atoms with E-state index in [2.05, 4.69) is 4.98 Å². The first-order valence-electron chi connectivity index (χ1n) is 3.83. The van der Waals surface area contributed by atoms with Crippen LogP contribution in [0, 0.1) is 10.6 Å². The van der Waals surface area contributed by atoms with Gasteiger partial charge in [0.05, 0.1) is 0 Å². The summed E-state index contributed by atoms with van der Waals surface area (Å²) in [6.07, 6.45) is 0. The monoisotopic (exact) mass is 286 g/mol. The van der Waals surface area contributed by atoms with Gasteiger partial charge < -0.3 is 0 Å². The maximum Gasteiger partial charge on any atom is 0.259 e. The predicted molar refractivity (Wildman–Crippen MR) is 58.9 cm³/mol. The van der Waals surface area contributed by atoms with Crippen molar-refractivity contribution in [1.29, 1.82) is 0 Å². The second kappa shape index (κ2) is 3.10. The van der Waals surface area contributed by atoms with Gasteiger partial charge in [-0.1, -0.05) is 6.07 Å². The SMILES string of the molecule is Cc1cccc2nc(I)cc(=O)n12. The molecule has 0 spiro atoms. The van der Waals surface area contributed by atoms with Crippen LogP contribution < -0.4 is 5.56 Å². The zero-order valence-electron chi connectivity index (χ0n) is 6.99. The molecule has 0 bridgehead atoms. The number of aryl methyl sites for hydroxylation is 1. The Kier molecular flexibility index (Phi) is 2.07. The number of pyridine rings is 1. The van der Waals surface area contributed by atoms with Crippen LogP contribution in [0.25, 0.3) is 5.65 Å². The molecule has 0 saturated carbocycles. The second-order valence-electron chi connectivity index (χ2n) is 2.78. The quantitative estimate of drug-likeness (QED) is 0.544. The minimum atomic E-state index is -0.0208. The van der Waals surface area contributed by atoms with Gasteiger partial charge in [0.2, 0.25) is 0 Å². The van der Waals surface area contributed by atoms with Gasteiger partial charge in [-0.15, -0.1) is 0 Å². The highest BCUT2D eigenvalue weighted by molar-refractivity contribution is 14.1. The van der Waals surface area contributed by atoms with Crippen LogP contribution in [-0.2, 0) is 0 Å². The van der Waals surface area contributed by atoms with E-state index in [1.165, 1.54) is 6.07 Å². The summed E-state index contributed by atoms with van der Waals surface area (Å²) in [4.78, 5) is 15.8. The maximum absolute atomic E-state index is 11.5. The Morgan fingerprint density at radius 2 is 2.23 bits per heavy atom. The van der Waals surface area contributed by atoms with E-state index in [-0.39, 0.29) is 5.56 Å². The van der Waals surface area contributed by atoms with Gasteiger partial charge >= 0.3 is 0 Å². The van der Waals surface area contributed by atoms with Crippen LogP contribution in [0.2, 0.25) is 0 Å². The smallest absolute Gasteiger partial charge is 0.259 e. The molecule has 2 heterocycles. The molecule has 0 saturated heterocycles. The Hall–Kier alpha value is -0.910. The molecule has 0 unspecified atom stereocenters. The molecule has 66 valence electrons. The zero-order valence-corrected chi connectivity index (χ0v) is 9.15. The Balaban J connectivity index is 3.03. The van der Waals surface area contributed by atoms with E-state index in [4.69, 9.17) is 0 Å². The van der Waals surface area contributed by atoms with Gasteiger partial charge in [-0.2, -0.15) is 0 Å². The summed E-state index contributed by atoms with van der Waals surface area (Å²) in [5, 5.41) is 0. The van der Waals surface area contributed by atoms with Crippen LogP contribution in [0.3, 0.4) is 0 Å². The van der Waals surface area contributed by atoms with E-state index in [1.807, 2.05) is 47.7 Å². The summed E-state index contributed by atoms with van der Waals surface area (Å²) in [6.45, 7) is 1.89. The predicted octanol–water partition coefficient (Wildman–Crippen LogP) is 1.61. The molecule has 0 radical (unpaired) electrons. The summed E-state index contributed by atoms with van der Waals surface area (Å²) in [7, 11) is 0. The lowest BCUT2D eigenvalue weighted by Crippen LogP contribution is -2.16. The van der Waals surface area contributed by atoms with Gasteiger partial charge in [0.25, 0.3) is 5.56 Å². The van der Waals surface area contributed by atoms with Crippen molar-refractivity contribution in [2.75, 3.05) is 0 Å². The lowest BCUT2D eigenvalue weighted by atomic mass is 10.3. The van der Waals surface area contributed by atoms with Gasteiger partial charge in [-0.3, -0.25) is 9.20 Å².